The fraction of sp³-hybridized carbons (Fsp3) is 0.176. The molecule has 0 aliphatic carbocycles. The van der Waals surface area contributed by atoms with Crippen LogP contribution in [-0.4, -0.2) is 17.9 Å². The van der Waals surface area contributed by atoms with Crippen LogP contribution in [0, 0.1) is 0 Å². The summed E-state index contributed by atoms with van der Waals surface area (Å²) in [5.41, 5.74) is 1.38. The summed E-state index contributed by atoms with van der Waals surface area (Å²) in [6.45, 7) is 2.00. The molecule has 0 saturated carbocycles. The number of rotatable bonds is 5. The standard InChI is InChI=1S/C17H16Cl2N2O2/c1-11(21-17(23)13-4-8-15(19)9-5-13)16(22)20-10-12-2-6-14(18)7-3-12/h2-9,11H,10H2,1H3,(H,20,22)(H,21,23). The van der Waals surface area contributed by atoms with Crippen molar-refractivity contribution in [2.75, 3.05) is 0 Å². The third-order valence-corrected chi connectivity index (χ3v) is 3.73. The molecule has 2 aromatic rings. The first-order valence-corrected chi connectivity index (χ1v) is 7.80. The molecule has 2 amide bonds. The van der Waals surface area contributed by atoms with Crippen LogP contribution in [0.3, 0.4) is 0 Å². The Morgan fingerprint density at radius 1 is 0.957 bits per heavy atom. The van der Waals surface area contributed by atoms with E-state index < -0.39 is 6.04 Å². The number of halogens is 2. The van der Waals surface area contributed by atoms with Gasteiger partial charge >= 0.3 is 0 Å². The third kappa shape index (κ3) is 5.27. The van der Waals surface area contributed by atoms with Gasteiger partial charge in [0.15, 0.2) is 0 Å². The maximum Gasteiger partial charge on any atom is 0.251 e. The lowest BCUT2D eigenvalue weighted by atomic mass is 10.2. The third-order valence-electron chi connectivity index (χ3n) is 3.23. The molecule has 6 heteroatoms. The average molecular weight is 351 g/mol. The van der Waals surface area contributed by atoms with Crippen LogP contribution in [0.25, 0.3) is 0 Å². The van der Waals surface area contributed by atoms with E-state index in [9.17, 15) is 9.59 Å². The van der Waals surface area contributed by atoms with E-state index in [0.717, 1.165) is 5.56 Å². The molecule has 1 atom stereocenters. The van der Waals surface area contributed by atoms with Crippen LogP contribution in [0.5, 0.6) is 0 Å². The van der Waals surface area contributed by atoms with Gasteiger partial charge in [0.05, 0.1) is 0 Å². The van der Waals surface area contributed by atoms with Crippen LogP contribution in [0.2, 0.25) is 10.0 Å². The predicted molar refractivity (Wildman–Crippen MR) is 91.7 cm³/mol. The Morgan fingerprint density at radius 3 is 2.04 bits per heavy atom. The molecule has 4 nitrogen and oxygen atoms in total. The summed E-state index contributed by atoms with van der Waals surface area (Å²) in [6, 6.07) is 13.0. The van der Waals surface area contributed by atoms with Crippen LogP contribution in [0.15, 0.2) is 48.5 Å². The molecule has 0 bridgehead atoms. The Balaban J connectivity index is 1.85. The quantitative estimate of drug-likeness (QED) is 0.867. The number of carbonyl (C=O) groups excluding carboxylic acids is 2. The van der Waals surface area contributed by atoms with Crippen molar-refractivity contribution in [3.8, 4) is 0 Å². The van der Waals surface area contributed by atoms with E-state index in [0.29, 0.717) is 22.2 Å². The summed E-state index contributed by atoms with van der Waals surface area (Å²) in [7, 11) is 0. The Kier molecular flexibility index (Phi) is 6.02. The second-order valence-corrected chi connectivity index (χ2v) is 5.92. The summed E-state index contributed by atoms with van der Waals surface area (Å²) in [6.07, 6.45) is 0. The second-order valence-electron chi connectivity index (χ2n) is 5.05. The molecule has 2 rings (SSSR count). The highest BCUT2D eigenvalue weighted by atomic mass is 35.5. The van der Waals surface area contributed by atoms with Gasteiger partial charge in [0.25, 0.3) is 5.91 Å². The molecule has 2 N–H and O–H groups in total. The molecule has 0 aliphatic rings. The van der Waals surface area contributed by atoms with E-state index in [1.165, 1.54) is 0 Å². The SMILES string of the molecule is CC(NC(=O)c1ccc(Cl)cc1)C(=O)NCc1ccc(Cl)cc1. The molecule has 0 aromatic heterocycles. The molecule has 120 valence electrons. The summed E-state index contributed by atoms with van der Waals surface area (Å²) < 4.78 is 0. The molecule has 2 aromatic carbocycles. The first kappa shape index (κ1) is 17.3. The van der Waals surface area contributed by atoms with Crippen molar-refractivity contribution < 1.29 is 9.59 Å². The highest BCUT2D eigenvalue weighted by Crippen LogP contribution is 2.10. The van der Waals surface area contributed by atoms with E-state index in [2.05, 4.69) is 10.6 Å². The fourth-order valence-corrected chi connectivity index (χ4v) is 2.14. The van der Waals surface area contributed by atoms with Crippen LogP contribution in [-0.2, 0) is 11.3 Å². The highest BCUT2D eigenvalue weighted by Gasteiger charge is 2.16. The van der Waals surface area contributed by atoms with Gasteiger partial charge in [-0.05, 0) is 48.9 Å². The molecular formula is C17H16Cl2N2O2. The number of carbonyl (C=O) groups is 2. The normalized spacial score (nSPS) is 11.6. The molecule has 0 fully saturated rings. The summed E-state index contributed by atoms with van der Waals surface area (Å²) in [5.74, 6) is -0.585. The van der Waals surface area contributed by atoms with Gasteiger partial charge in [-0.15, -0.1) is 0 Å². The zero-order valence-electron chi connectivity index (χ0n) is 12.5. The van der Waals surface area contributed by atoms with Crippen molar-refractivity contribution in [1.82, 2.24) is 10.6 Å². The monoisotopic (exact) mass is 350 g/mol. The smallest absolute Gasteiger partial charge is 0.251 e. The van der Waals surface area contributed by atoms with Crippen LogP contribution in [0.1, 0.15) is 22.8 Å². The molecule has 0 aliphatic heterocycles. The summed E-state index contributed by atoms with van der Waals surface area (Å²) >= 11 is 11.6. The van der Waals surface area contributed by atoms with Crippen molar-refractivity contribution in [3.05, 3.63) is 69.7 Å². The minimum Gasteiger partial charge on any atom is -0.350 e. The number of nitrogens with one attached hydrogen (secondary N) is 2. The largest absolute Gasteiger partial charge is 0.350 e. The number of hydrogen-bond donors (Lipinski definition) is 2. The topological polar surface area (TPSA) is 58.2 Å². The molecule has 1 unspecified atom stereocenters. The lowest BCUT2D eigenvalue weighted by Crippen LogP contribution is -2.44. The van der Waals surface area contributed by atoms with E-state index >= 15 is 0 Å². The van der Waals surface area contributed by atoms with Crippen LogP contribution < -0.4 is 10.6 Å². The van der Waals surface area contributed by atoms with E-state index in [4.69, 9.17) is 23.2 Å². The first-order valence-electron chi connectivity index (χ1n) is 7.04. The average Bonchev–Trinajstić information content (AvgIpc) is 2.54. The van der Waals surface area contributed by atoms with Crippen molar-refractivity contribution in [3.63, 3.8) is 0 Å². The summed E-state index contributed by atoms with van der Waals surface area (Å²) in [5, 5.41) is 6.61. The van der Waals surface area contributed by atoms with E-state index in [-0.39, 0.29) is 11.8 Å². The zero-order chi connectivity index (χ0) is 16.8. The lowest BCUT2D eigenvalue weighted by Gasteiger charge is -2.14. The van der Waals surface area contributed by atoms with Gasteiger partial charge in [-0.3, -0.25) is 9.59 Å². The number of benzene rings is 2. The molecular weight excluding hydrogens is 335 g/mol. The minimum atomic E-state index is -0.648. The van der Waals surface area contributed by atoms with Crippen LogP contribution in [0.4, 0.5) is 0 Å². The molecule has 0 spiro atoms. The van der Waals surface area contributed by atoms with E-state index in [1.54, 1.807) is 43.3 Å². The number of hydrogen-bond acceptors (Lipinski definition) is 2. The lowest BCUT2D eigenvalue weighted by molar-refractivity contribution is -0.122. The summed E-state index contributed by atoms with van der Waals surface area (Å²) in [4.78, 5) is 24.1. The Bertz CT molecular complexity index is 685. The van der Waals surface area contributed by atoms with Crippen molar-refractivity contribution in [2.45, 2.75) is 19.5 Å². The van der Waals surface area contributed by atoms with Crippen molar-refractivity contribution >= 4 is 35.0 Å². The van der Waals surface area contributed by atoms with E-state index in [1.807, 2.05) is 12.1 Å². The fourth-order valence-electron chi connectivity index (χ4n) is 1.89. The van der Waals surface area contributed by atoms with Gasteiger partial charge < -0.3 is 10.6 Å². The van der Waals surface area contributed by atoms with Gasteiger partial charge in [0.2, 0.25) is 5.91 Å². The van der Waals surface area contributed by atoms with Gasteiger partial charge in [-0.25, -0.2) is 0 Å². The van der Waals surface area contributed by atoms with Crippen molar-refractivity contribution in [1.29, 1.82) is 0 Å². The second kappa shape index (κ2) is 7.99. The van der Waals surface area contributed by atoms with Gasteiger partial charge in [-0.1, -0.05) is 35.3 Å². The van der Waals surface area contributed by atoms with Crippen LogP contribution >= 0.6 is 23.2 Å². The van der Waals surface area contributed by atoms with Gasteiger partial charge in [-0.2, -0.15) is 0 Å². The predicted octanol–water partition coefficient (Wildman–Crippen LogP) is 3.43. The molecule has 23 heavy (non-hydrogen) atoms. The highest BCUT2D eigenvalue weighted by molar-refractivity contribution is 6.30. The first-order chi connectivity index (χ1) is 11.0. The minimum absolute atomic E-state index is 0.262. The molecule has 0 saturated heterocycles. The zero-order valence-corrected chi connectivity index (χ0v) is 14.0. The maximum atomic E-state index is 12.0. The Hall–Kier alpha value is -2.04. The number of amides is 2. The van der Waals surface area contributed by atoms with Gasteiger partial charge in [0.1, 0.15) is 6.04 Å². The Morgan fingerprint density at radius 2 is 1.48 bits per heavy atom. The molecule has 0 heterocycles. The maximum absolute atomic E-state index is 12.0. The van der Waals surface area contributed by atoms with Crippen molar-refractivity contribution in [2.24, 2.45) is 0 Å². The molecule has 0 radical (unpaired) electrons. The van der Waals surface area contributed by atoms with Gasteiger partial charge in [0, 0.05) is 22.2 Å². The Labute approximate surface area is 144 Å².